The highest BCUT2D eigenvalue weighted by atomic mass is 19.1. The number of nitrogens with zero attached hydrogens (tertiary/aromatic N) is 1. The molecular weight excluding hydrogens is 247 g/mol. The van der Waals surface area contributed by atoms with Gasteiger partial charge >= 0.3 is 0 Å². The van der Waals surface area contributed by atoms with E-state index in [0.717, 1.165) is 0 Å². The minimum Gasteiger partial charge on any atom is -0.494 e. The minimum absolute atomic E-state index is 0.135. The van der Waals surface area contributed by atoms with E-state index in [-0.39, 0.29) is 17.2 Å². The Morgan fingerprint density at radius 2 is 2.11 bits per heavy atom. The standard InChI is InChI=1S/C14H19FN2O2/c1-9(2)14(16)7-17(8-14)13(18)10-4-5-12(19-3)11(15)6-10/h4-6,9H,7-8,16H2,1-3H3. The predicted octanol–water partition coefficient (Wildman–Crippen LogP) is 1.64. The molecule has 2 N–H and O–H groups in total. The summed E-state index contributed by atoms with van der Waals surface area (Å²) >= 11 is 0. The van der Waals surface area contributed by atoms with Gasteiger partial charge in [-0.2, -0.15) is 0 Å². The second kappa shape index (κ2) is 4.81. The monoisotopic (exact) mass is 266 g/mol. The zero-order valence-corrected chi connectivity index (χ0v) is 11.4. The van der Waals surface area contributed by atoms with Crippen LogP contribution in [0.4, 0.5) is 4.39 Å². The maximum absolute atomic E-state index is 13.6. The van der Waals surface area contributed by atoms with Crippen LogP contribution in [0, 0.1) is 11.7 Å². The Kier molecular flexibility index (Phi) is 3.49. The molecule has 0 unspecified atom stereocenters. The van der Waals surface area contributed by atoms with Crippen molar-refractivity contribution >= 4 is 5.91 Å². The number of nitrogens with two attached hydrogens (primary N) is 1. The molecule has 1 aromatic carbocycles. The first kappa shape index (κ1) is 13.8. The molecule has 1 amide bonds. The van der Waals surface area contributed by atoms with Gasteiger partial charge in [0.05, 0.1) is 12.6 Å². The zero-order chi connectivity index (χ0) is 14.2. The van der Waals surface area contributed by atoms with Gasteiger partial charge in [0.15, 0.2) is 11.6 Å². The number of benzene rings is 1. The van der Waals surface area contributed by atoms with Gasteiger partial charge in [0.25, 0.3) is 5.91 Å². The molecule has 0 atom stereocenters. The van der Waals surface area contributed by atoms with Crippen molar-refractivity contribution in [3.8, 4) is 5.75 Å². The fourth-order valence-corrected chi connectivity index (χ4v) is 2.16. The first-order chi connectivity index (χ1) is 8.87. The second-order valence-corrected chi connectivity index (χ2v) is 5.40. The zero-order valence-electron chi connectivity index (χ0n) is 11.4. The number of halogens is 1. The Balaban J connectivity index is 2.08. The van der Waals surface area contributed by atoms with E-state index in [1.807, 2.05) is 13.8 Å². The normalized spacial score (nSPS) is 17.3. The molecule has 1 aliphatic rings. The molecule has 1 saturated heterocycles. The molecule has 0 spiro atoms. The Bertz CT molecular complexity index is 496. The van der Waals surface area contributed by atoms with E-state index in [0.29, 0.717) is 24.6 Å². The first-order valence-corrected chi connectivity index (χ1v) is 6.29. The van der Waals surface area contributed by atoms with Gasteiger partial charge in [-0.25, -0.2) is 4.39 Å². The smallest absolute Gasteiger partial charge is 0.254 e. The van der Waals surface area contributed by atoms with Gasteiger partial charge in [-0.15, -0.1) is 0 Å². The summed E-state index contributed by atoms with van der Waals surface area (Å²) in [5, 5.41) is 0. The van der Waals surface area contributed by atoms with Crippen LogP contribution in [0.25, 0.3) is 0 Å². The third-order valence-corrected chi connectivity index (χ3v) is 3.81. The van der Waals surface area contributed by atoms with Crippen LogP contribution in [0.15, 0.2) is 18.2 Å². The molecule has 104 valence electrons. The fourth-order valence-electron chi connectivity index (χ4n) is 2.16. The van der Waals surface area contributed by atoms with E-state index in [2.05, 4.69) is 0 Å². The number of hydrogen-bond donors (Lipinski definition) is 1. The van der Waals surface area contributed by atoms with E-state index < -0.39 is 5.82 Å². The highest BCUT2D eigenvalue weighted by molar-refractivity contribution is 5.95. The van der Waals surface area contributed by atoms with Crippen molar-refractivity contribution < 1.29 is 13.9 Å². The van der Waals surface area contributed by atoms with Gasteiger partial charge < -0.3 is 15.4 Å². The van der Waals surface area contributed by atoms with Gasteiger partial charge in [-0.05, 0) is 24.1 Å². The van der Waals surface area contributed by atoms with Crippen LogP contribution in [0.3, 0.4) is 0 Å². The van der Waals surface area contributed by atoms with Crippen LogP contribution in [0.2, 0.25) is 0 Å². The molecule has 0 aromatic heterocycles. The van der Waals surface area contributed by atoms with Gasteiger partial charge in [0.1, 0.15) is 0 Å². The van der Waals surface area contributed by atoms with Crippen molar-refractivity contribution in [2.45, 2.75) is 19.4 Å². The number of likely N-dealkylation sites (tertiary alicyclic amines) is 1. The van der Waals surface area contributed by atoms with Crippen molar-refractivity contribution in [3.63, 3.8) is 0 Å². The highest BCUT2D eigenvalue weighted by Gasteiger charge is 2.44. The van der Waals surface area contributed by atoms with Crippen LogP contribution < -0.4 is 10.5 Å². The number of hydrogen-bond acceptors (Lipinski definition) is 3. The topological polar surface area (TPSA) is 55.6 Å². The summed E-state index contributed by atoms with van der Waals surface area (Å²) in [4.78, 5) is 13.8. The number of rotatable bonds is 3. The van der Waals surface area contributed by atoms with Crippen molar-refractivity contribution in [2.24, 2.45) is 11.7 Å². The van der Waals surface area contributed by atoms with Gasteiger partial charge in [-0.3, -0.25) is 4.79 Å². The van der Waals surface area contributed by atoms with Gasteiger partial charge in [0, 0.05) is 18.7 Å². The van der Waals surface area contributed by atoms with Gasteiger partial charge in [-0.1, -0.05) is 13.8 Å². The molecule has 0 radical (unpaired) electrons. The number of ether oxygens (including phenoxy) is 1. The van der Waals surface area contributed by atoms with E-state index in [9.17, 15) is 9.18 Å². The lowest BCUT2D eigenvalue weighted by molar-refractivity contribution is 0.0274. The van der Waals surface area contributed by atoms with E-state index >= 15 is 0 Å². The van der Waals surface area contributed by atoms with Crippen molar-refractivity contribution in [1.82, 2.24) is 4.90 Å². The average molecular weight is 266 g/mol. The van der Waals surface area contributed by atoms with E-state index in [1.165, 1.54) is 19.2 Å². The highest BCUT2D eigenvalue weighted by Crippen LogP contribution is 2.28. The van der Waals surface area contributed by atoms with Crippen LogP contribution in [-0.4, -0.2) is 36.5 Å². The predicted molar refractivity (Wildman–Crippen MR) is 70.6 cm³/mol. The molecule has 1 aliphatic heterocycles. The molecule has 0 saturated carbocycles. The Hall–Kier alpha value is -1.62. The van der Waals surface area contributed by atoms with Crippen molar-refractivity contribution in [1.29, 1.82) is 0 Å². The summed E-state index contributed by atoms with van der Waals surface area (Å²) in [5.74, 6) is -0.278. The SMILES string of the molecule is COc1ccc(C(=O)N2CC(N)(C(C)C)C2)cc1F. The number of methoxy groups -OCH3 is 1. The van der Waals surface area contributed by atoms with Crippen molar-refractivity contribution in [2.75, 3.05) is 20.2 Å². The molecule has 5 heteroatoms. The third kappa shape index (κ3) is 2.42. The lowest BCUT2D eigenvalue weighted by Crippen LogP contribution is -2.71. The summed E-state index contributed by atoms with van der Waals surface area (Å²) in [7, 11) is 1.39. The minimum atomic E-state index is -0.531. The largest absolute Gasteiger partial charge is 0.494 e. The molecule has 1 aromatic rings. The van der Waals surface area contributed by atoms with Crippen molar-refractivity contribution in [3.05, 3.63) is 29.6 Å². The first-order valence-electron chi connectivity index (χ1n) is 6.29. The quantitative estimate of drug-likeness (QED) is 0.905. The summed E-state index contributed by atoms with van der Waals surface area (Å²) in [5.41, 5.74) is 6.14. The van der Waals surface area contributed by atoms with Crippen LogP contribution in [0.5, 0.6) is 5.75 Å². The molecule has 1 heterocycles. The maximum atomic E-state index is 13.6. The number of amides is 1. The second-order valence-electron chi connectivity index (χ2n) is 5.40. The molecule has 0 bridgehead atoms. The van der Waals surface area contributed by atoms with Crippen LogP contribution >= 0.6 is 0 Å². The lowest BCUT2D eigenvalue weighted by Gasteiger charge is -2.50. The maximum Gasteiger partial charge on any atom is 0.254 e. The Morgan fingerprint density at radius 3 is 2.58 bits per heavy atom. The third-order valence-electron chi connectivity index (χ3n) is 3.81. The van der Waals surface area contributed by atoms with E-state index in [1.54, 1.807) is 11.0 Å². The van der Waals surface area contributed by atoms with Crippen LogP contribution in [0.1, 0.15) is 24.2 Å². The lowest BCUT2D eigenvalue weighted by atomic mass is 9.80. The molecular formula is C14H19FN2O2. The van der Waals surface area contributed by atoms with E-state index in [4.69, 9.17) is 10.5 Å². The van der Waals surface area contributed by atoms with Crippen LogP contribution in [-0.2, 0) is 0 Å². The summed E-state index contributed by atoms with van der Waals surface area (Å²) < 4.78 is 18.4. The van der Waals surface area contributed by atoms with Gasteiger partial charge in [0.2, 0.25) is 0 Å². The summed E-state index contributed by atoms with van der Waals surface area (Å²) in [6.07, 6.45) is 0. The average Bonchev–Trinajstić information content (AvgIpc) is 2.33. The fraction of sp³-hybridized carbons (Fsp3) is 0.500. The molecule has 2 rings (SSSR count). The molecule has 0 aliphatic carbocycles. The Labute approximate surface area is 112 Å². The summed E-state index contributed by atoms with van der Waals surface area (Å²) in [6.45, 7) is 5.10. The molecule has 19 heavy (non-hydrogen) atoms. The molecule has 4 nitrogen and oxygen atoms in total. The molecule has 1 fully saturated rings. The Morgan fingerprint density at radius 1 is 1.47 bits per heavy atom. The number of carbonyl (C=O) groups is 1. The number of carbonyl (C=O) groups excluding carboxylic acids is 1. The summed E-state index contributed by atoms with van der Waals surface area (Å²) in [6, 6.07) is 4.23.